The molecule has 0 saturated heterocycles. The zero-order valence-corrected chi connectivity index (χ0v) is 9.12. The predicted molar refractivity (Wildman–Crippen MR) is 58.6 cm³/mol. The van der Waals surface area contributed by atoms with Gasteiger partial charge in [0, 0.05) is 6.20 Å². The fourth-order valence-electron chi connectivity index (χ4n) is 1.00. The molecule has 0 unspecified atom stereocenters. The Kier molecular flexibility index (Phi) is 5.35. The summed E-state index contributed by atoms with van der Waals surface area (Å²) >= 11 is 0. The number of aliphatic hydroxyl groups is 2. The third-order valence-corrected chi connectivity index (χ3v) is 1.66. The lowest BCUT2D eigenvalue weighted by atomic mass is 10.4. The van der Waals surface area contributed by atoms with Gasteiger partial charge < -0.3 is 19.7 Å². The van der Waals surface area contributed by atoms with Crippen molar-refractivity contribution in [1.29, 1.82) is 0 Å². The highest BCUT2D eigenvalue weighted by molar-refractivity contribution is 5.93. The van der Waals surface area contributed by atoms with Gasteiger partial charge in [-0.1, -0.05) is 0 Å². The van der Waals surface area contributed by atoms with Gasteiger partial charge in [-0.25, -0.2) is 14.6 Å². The van der Waals surface area contributed by atoms with Gasteiger partial charge in [0.1, 0.15) is 0 Å². The van der Waals surface area contributed by atoms with Crippen molar-refractivity contribution < 1.29 is 29.3 Å². The monoisotopic (exact) mass is 257 g/mol. The molecule has 1 rings (SSSR count). The van der Waals surface area contributed by atoms with Gasteiger partial charge in [-0.2, -0.15) is 0 Å². The summed E-state index contributed by atoms with van der Waals surface area (Å²) < 4.78 is 8.48. The summed E-state index contributed by atoms with van der Waals surface area (Å²) in [5, 5.41) is 21.2. The minimum Gasteiger partial charge on any atom is -0.422 e. The molecule has 0 spiro atoms. The molecule has 4 N–H and O–H groups in total. The molecule has 0 aromatic carbocycles. The lowest BCUT2D eigenvalue weighted by molar-refractivity contribution is 0.0515. The van der Waals surface area contributed by atoms with Crippen LogP contribution in [0.2, 0.25) is 0 Å². The van der Waals surface area contributed by atoms with Crippen LogP contribution in [0.4, 0.5) is 21.1 Å². The Morgan fingerprint density at radius 1 is 1.17 bits per heavy atom. The second-order valence-corrected chi connectivity index (χ2v) is 2.77. The van der Waals surface area contributed by atoms with Crippen LogP contribution in [0.5, 0.6) is 0 Å². The summed E-state index contributed by atoms with van der Waals surface area (Å²) in [7, 11) is 0. The molecule has 2 amide bonds. The maximum absolute atomic E-state index is 11.1. The molecule has 9 nitrogen and oxygen atoms in total. The topological polar surface area (TPSA) is 130 Å². The Labute approximate surface area is 101 Å². The van der Waals surface area contributed by atoms with Gasteiger partial charge in [0.25, 0.3) is 0 Å². The van der Waals surface area contributed by atoms with Crippen LogP contribution in [-0.2, 0) is 9.47 Å². The molecule has 0 bridgehead atoms. The molecule has 0 aliphatic carbocycles. The Morgan fingerprint density at radius 3 is 2.39 bits per heavy atom. The number of rotatable bonds is 4. The molecule has 1 aromatic rings. The largest absolute Gasteiger partial charge is 0.422 e. The third-order valence-electron chi connectivity index (χ3n) is 1.66. The number of amides is 2. The van der Waals surface area contributed by atoms with E-state index in [2.05, 4.69) is 25.1 Å². The molecule has 1 heterocycles. The van der Waals surface area contributed by atoms with E-state index in [0.717, 1.165) is 0 Å². The number of hydrogen-bond donors (Lipinski definition) is 4. The van der Waals surface area contributed by atoms with Crippen molar-refractivity contribution in [3.8, 4) is 0 Å². The van der Waals surface area contributed by atoms with Crippen molar-refractivity contribution in [2.75, 3.05) is 24.2 Å². The van der Waals surface area contributed by atoms with Crippen LogP contribution in [0, 0.1) is 0 Å². The maximum atomic E-state index is 11.1. The number of ether oxygens (including phenoxy) is 2. The normalized spacial score (nSPS) is 9.44. The standard InChI is InChI=1S/C9H11N3O6/c13-4-17-8(15)11-6-2-1-3-10-7(6)12-9(16)18-5-14/h1-3,13-14H,4-5H2,(H,11,15)(H,10,12,16). The molecule has 0 atom stereocenters. The zero-order valence-electron chi connectivity index (χ0n) is 9.12. The second kappa shape index (κ2) is 7.04. The van der Waals surface area contributed by atoms with Gasteiger partial charge in [-0.15, -0.1) is 0 Å². The smallest absolute Gasteiger partial charge is 0.414 e. The summed E-state index contributed by atoms with van der Waals surface area (Å²) in [6.07, 6.45) is -0.476. The Bertz CT molecular complexity index is 386. The van der Waals surface area contributed by atoms with Crippen LogP contribution in [0.25, 0.3) is 0 Å². The molecule has 0 fully saturated rings. The number of anilines is 2. The van der Waals surface area contributed by atoms with E-state index in [1.54, 1.807) is 0 Å². The summed E-state index contributed by atoms with van der Waals surface area (Å²) in [5.74, 6) is 0.00541. The number of aliphatic hydroxyl groups excluding tert-OH is 2. The number of aromatic nitrogens is 1. The third kappa shape index (κ3) is 4.23. The summed E-state index contributed by atoms with van der Waals surface area (Å²) in [4.78, 5) is 25.9. The first-order valence-electron chi connectivity index (χ1n) is 4.71. The molecular weight excluding hydrogens is 246 g/mol. The van der Waals surface area contributed by atoms with Gasteiger partial charge in [-0.05, 0) is 12.1 Å². The van der Waals surface area contributed by atoms with Crippen LogP contribution in [-0.4, -0.2) is 41.0 Å². The lowest BCUT2D eigenvalue weighted by Crippen LogP contribution is -2.19. The Balaban J connectivity index is 2.73. The number of pyridine rings is 1. The number of carbonyl (C=O) groups excluding carboxylic acids is 2. The summed E-state index contributed by atoms with van der Waals surface area (Å²) in [6, 6.07) is 2.96. The molecule has 1 aromatic heterocycles. The first kappa shape index (κ1) is 13.7. The Morgan fingerprint density at radius 2 is 1.78 bits per heavy atom. The molecule has 18 heavy (non-hydrogen) atoms. The van der Waals surface area contributed by atoms with Gasteiger partial charge in [0.05, 0.1) is 5.69 Å². The highest BCUT2D eigenvalue weighted by Gasteiger charge is 2.11. The van der Waals surface area contributed by atoms with E-state index < -0.39 is 25.8 Å². The average molecular weight is 257 g/mol. The average Bonchev–Trinajstić information content (AvgIpc) is 2.32. The van der Waals surface area contributed by atoms with E-state index in [9.17, 15) is 9.59 Å². The Hall–Kier alpha value is -2.39. The predicted octanol–water partition coefficient (Wildman–Crippen LogP) is 0.0782. The number of nitrogens with zero attached hydrogens (tertiary/aromatic N) is 1. The molecule has 0 aliphatic heterocycles. The summed E-state index contributed by atoms with van der Waals surface area (Å²) in [5.41, 5.74) is 0.144. The van der Waals surface area contributed by atoms with Crippen molar-refractivity contribution in [3.63, 3.8) is 0 Å². The molecule has 0 aliphatic rings. The number of carbonyl (C=O) groups is 2. The van der Waals surface area contributed by atoms with E-state index in [1.807, 2.05) is 0 Å². The van der Waals surface area contributed by atoms with Gasteiger partial charge in [0.2, 0.25) is 0 Å². The van der Waals surface area contributed by atoms with Crippen LogP contribution in [0.3, 0.4) is 0 Å². The van der Waals surface area contributed by atoms with Crippen molar-refractivity contribution >= 4 is 23.7 Å². The fourth-order valence-corrected chi connectivity index (χ4v) is 1.00. The van der Waals surface area contributed by atoms with Crippen molar-refractivity contribution in [2.24, 2.45) is 0 Å². The van der Waals surface area contributed by atoms with Gasteiger partial charge >= 0.3 is 12.2 Å². The van der Waals surface area contributed by atoms with Gasteiger partial charge in [0.15, 0.2) is 19.4 Å². The van der Waals surface area contributed by atoms with Crippen molar-refractivity contribution in [3.05, 3.63) is 18.3 Å². The van der Waals surface area contributed by atoms with Gasteiger partial charge in [-0.3, -0.25) is 10.6 Å². The van der Waals surface area contributed by atoms with Crippen LogP contribution in [0.1, 0.15) is 0 Å². The van der Waals surface area contributed by atoms with E-state index in [4.69, 9.17) is 10.2 Å². The molecule has 9 heteroatoms. The van der Waals surface area contributed by atoms with Crippen LogP contribution >= 0.6 is 0 Å². The molecule has 0 radical (unpaired) electrons. The second-order valence-electron chi connectivity index (χ2n) is 2.77. The number of hydrogen-bond acceptors (Lipinski definition) is 7. The highest BCUT2D eigenvalue weighted by Crippen LogP contribution is 2.18. The minimum atomic E-state index is -0.935. The van der Waals surface area contributed by atoms with E-state index in [1.165, 1.54) is 18.3 Å². The summed E-state index contributed by atoms with van der Waals surface area (Å²) in [6.45, 7) is -1.56. The van der Waals surface area contributed by atoms with E-state index in [0.29, 0.717) is 0 Å². The van der Waals surface area contributed by atoms with Crippen molar-refractivity contribution in [1.82, 2.24) is 4.98 Å². The van der Waals surface area contributed by atoms with E-state index >= 15 is 0 Å². The SMILES string of the molecule is O=C(Nc1cccnc1NC(=O)OCO)OCO. The first-order chi connectivity index (χ1) is 8.67. The number of nitrogens with one attached hydrogen (secondary N) is 2. The quantitative estimate of drug-likeness (QED) is 0.562. The van der Waals surface area contributed by atoms with Crippen LogP contribution < -0.4 is 10.6 Å². The molecule has 0 saturated carbocycles. The fraction of sp³-hybridized carbons (Fsp3) is 0.222. The minimum absolute atomic E-state index is 0.00541. The van der Waals surface area contributed by atoms with Crippen molar-refractivity contribution in [2.45, 2.75) is 0 Å². The van der Waals surface area contributed by atoms with Crippen LogP contribution in [0.15, 0.2) is 18.3 Å². The zero-order chi connectivity index (χ0) is 13.4. The maximum Gasteiger partial charge on any atom is 0.414 e. The highest BCUT2D eigenvalue weighted by atomic mass is 16.6. The molecular formula is C9H11N3O6. The van der Waals surface area contributed by atoms with E-state index in [-0.39, 0.29) is 11.5 Å². The first-order valence-corrected chi connectivity index (χ1v) is 4.71. The lowest BCUT2D eigenvalue weighted by Gasteiger charge is -2.10. The molecule has 98 valence electrons.